The summed E-state index contributed by atoms with van der Waals surface area (Å²) in [5.74, 6) is 0.732. The molecule has 0 saturated heterocycles. The monoisotopic (exact) mass is 547 g/mol. The van der Waals surface area contributed by atoms with Crippen molar-refractivity contribution in [1.82, 2.24) is 14.5 Å². The molecule has 3 nitrogen and oxygen atoms in total. The summed E-state index contributed by atoms with van der Waals surface area (Å²) in [6.07, 6.45) is 3.88. The standard InChI is InChI=1S/C40H25N3/c1-3-12-27(13-4-1)40-41-24-29(25-42-40)28-20-22-36-35(23-28)38-33-18-10-9-17-32(33)34-21-19-26-11-7-8-16-31(26)37(34)39(38)43(36)30-14-5-2-6-15-30/h1-25H. The molecular formula is C40H25N3. The lowest BCUT2D eigenvalue weighted by molar-refractivity contribution is 1.18. The summed E-state index contributed by atoms with van der Waals surface area (Å²) in [4.78, 5) is 9.46. The van der Waals surface area contributed by atoms with Crippen LogP contribution in [0.15, 0.2) is 152 Å². The van der Waals surface area contributed by atoms with Crippen molar-refractivity contribution < 1.29 is 0 Å². The SMILES string of the molecule is c1ccc(-c2ncc(-c3ccc4c(c3)c3c5ccccc5c5ccc6ccccc6c5c3n4-c3ccccc3)cn2)cc1. The molecule has 9 rings (SSSR count). The van der Waals surface area contributed by atoms with Gasteiger partial charge in [0.1, 0.15) is 0 Å². The smallest absolute Gasteiger partial charge is 0.159 e. The van der Waals surface area contributed by atoms with Crippen LogP contribution in [0.1, 0.15) is 0 Å². The van der Waals surface area contributed by atoms with E-state index in [-0.39, 0.29) is 0 Å². The maximum Gasteiger partial charge on any atom is 0.159 e. The molecule has 0 saturated carbocycles. The Bertz CT molecular complexity index is 2480. The van der Waals surface area contributed by atoms with E-state index in [2.05, 4.69) is 114 Å². The van der Waals surface area contributed by atoms with Gasteiger partial charge in [-0.05, 0) is 56.8 Å². The Balaban J connectivity index is 1.42. The fraction of sp³-hybridized carbons (Fsp3) is 0. The zero-order chi connectivity index (χ0) is 28.3. The van der Waals surface area contributed by atoms with Crippen LogP contribution < -0.4 is 0 Å². The highest BCUT2D eigenvalue weighted by molar-refractivity contribution is 6.36. The normalized spacial score (nSPS) is 11.7. The van der Waals surface area contributed by atoms with Crippen molar-refractivity contribution in [2.24, 2.45) is 0 Å². The van der Waals surface area contributed by atoms with Gasteiger partial charge in [-0.25, -0.2) is 9.97 Å². The molecule has 0 bridgehead atoms. The average Bonchev–Trinajstić information content (AvgIpc) is 3.43. The van der Waals surface area contributed by atoms with Crippen molar-refractivity contribution in [3.63, 3.8) is 0 Å². The molecule has 0 amide bonds. The molecule has 200 valence electrons. The minimum absolute atomic E-state index is 0.732. The van der Waals surface area contributed by atoms with E-state index in [9.17, 15) is 0 Å². The van der Waals surface area contributed by atoms with Crippen LogP contribution in [0, 0.1) is 0 Å². The summed E-state index contributed by atoms with van der Waals surface area (Å²) in [6, 6.07) is 49.7. The van der Waals surface area contributed by atoms with Gasteiger partial charge in [-0.3, -0.25) is 0 Å². The summed E-state index contributed by atoms with van der Waals surface area (Å²) < 4.78 is 2.45. The number of para-hydroxylation sites is 1. The maximum atomic E-state index is 4.73. The van der Waals surface area contributed by atoms with Gasteiger partial charge >= 0.3 is 0 Å². The lowest BCUT2D eigenvalue weighted by Crippen LogP contribution is -1.95. The number of fused-ring (bicyclic) bond motifs is 10. The van der Waals surface area contributed by atoms with E-state index in [1.54, 1.807) is 0 Å². The van der Waals surface area contributed by atoms with Crippen molar-refractivity contribution in [3.8, 4) is 28.2 Å². The van der Waals surface area contributed by atoms with E-state index in [4.69, 9.17) is 9.97 Å². The molecule has 3 heteroatoms. The Labute approximate surface area is 248 Å². The van der Waals surface area contributed by atoms with Crippen LogP contribution in [0.4, 0.5) is 0 Å². The zero-order valence-electron chi connectivity index (χ0n) is 23.3. The average molecular weight is 548 g/mol. The van der Waals surface area contributed by atoms with Crippen molar-refractivity contribution >= 4 is 54.1 Å². The molecule has 0 aliphatic rings. The second-order valence-corrected chi connectivity index (χ2v) is 11.0. The maximum absolute atomic E-state index is 4.73. The quantitative estimate of drug-likeness (QED) is 0.206. The molecule has 2 aromatic heterocycles. The minimum Gasteiger partial charge on any atom is -0.309 e. The third kappa shape index (κ3) is 3.62. The topological polar surface area (TPSA) is 30.7 Å². The van der Waals surface area contributed by atoms with E-state index in [1.165, 1.54) is 54.1 Å². The van der Waals surface area contributed by atoms with Crippen molar-refractivity contribution in [3.05, 3.63) is 152 Å². The molecule has 0 N–H and O–H groups in total. The molecular weight excluding hydrogens is 522 g/mol. The summed E-state index contributed by atoms with van der Waals surface area (Å²) in [6.45, 7) is 0. The molecule has 43 heavy (non-hydrogen) atoms. The van der Waals surface area contributed by atoms with E-state index in [1.807, 2.05) is 42.7 Å². The Morgan fingerprint density at radius 2 is 1.05 bits per heavy atom. The van der Waals surface area contributed by atoms with Crippen LogP contribution in [0.2, 0.25) is 0 Å². The van der Waals surface area contributed by atoms with Crippen LogP contribution in [-0.4, -0.2) is 14.5 Å². The predicted octanol–water partition coefficient (Wildman–Crippen LogP) is 10.4. The fourth-order valence-corrected chi connectivity index (χ4v) is 6.73. The highest BCUT2D eigenvalue weighted by Gasteiger charge is 2.21. The number of hydrogen-bond donors (Lipinski definition) is 0. The Kier molecular flexibility index (Phi) is 5.20. The van der Waals surface area contributed by atoms with Gasteiger partial charge in [-0.1, -0.05) is 115 Å². The van der Waals surface area contributed by atoms with Gasteiger partial charge in [0.2, 0.25) is 0 Å². The lowest BCUT2D eigenvalue weighted by atomic mass is 9.93. The third-order valence-electron chi connectivity index (χ3n) is 8.65. The summed E-state index contributed by atoms with van der Waals surface area (Å²) in [7, 11) is 0. The van der Waals surface area contributed by atoms with Gasteiger partial charge < -0.3 is 4.57 Å². The van der Waals surface area contributed by atoms with Crippen LogP contribution in [0.3, 0.4) is 0 Å². The van der Waals surface area contributed by atoms with Crippen molar-refractivity contribution in [2.75, 3.05) is 0 Å². The lowest BCUT2D eigenvalue weighted by Gasteiger charge is -2.14. The largest absolute Gasteiger partial charge is 0.309 e. The second kappa shape index (κ2) is 9.37. The fourth-order valence-electron chi connectivity index (χ4n) is 6.73. The Hall–Kier alpha value is -5.80. The Morgan fingerprint density at radius 3 is 1.84 bits per heavy atom. The number of benzene rings is 7. The highest BCUT2D eigenvalue weighted by atomic mass is 15.0. The first kappa shape index (κ1) is 23.9. The predicted molar refractivity (Wildman–Crippen MR) is 180 cm³/mol. The van der Waals surface area contributed by atoms with Crippen LogP contribution in [-0.2, 0) is 0 Å². The molecule has 0 radical (unpaired) electrons. The molecule has 0 spiro atoms. The van der Waals surface area contributed by atoms with E-state index < -0.39 is 0 Å². The summed E-state index contributed by atoms with van der Waals surface area (Å²) in [5, 5.41) is 10.1. The van der Waals surface area contributed by atoms with Crippen LogP contribution >= 0.6 is 0 Å². The molecule has 2 heterocycles. The third-order valence-corrected chi connectivity index (χ3v) is 8.65. The van der Waals surface area contributed by atoms with Gasteiger partial charge in [0.15, 0.2) is 5.82 Å². The number of hydrogen-bond acceptors (Lipinski definition) is 2. The number of nitrogens with zero attached hydrogens (tertiary/aromatic N) is 3. The van der Waals surface area contributed by atoms with Crippen LogP contribution in [0.5, 0.6) is 0 Å². The van der Waals surface area contributed by atoms with E-state index >= 15 is 0 Å². The molecule has 0 fully saturated rings. The first-order chi connectivity index (χ1) is 21.3. The van der Waals surface area contributed by atoms with Gasteiger partial charge in [0.25, 0.3) is 0 Å². The van der Waals surface area contributed by atoms with Crippen molar-refractivity contribution in [1.29, 1.82) is 0 Å². The first-order valence-corrected chi connectivity index (χ1v) is 14.6. The highest BCUT2D eigenvalue weighted by Crippen LogP contribution is 2.45. The Morgan fingerprint density at radius 1 is 0.419 bits per heavy atom. The molecule has 0 aliphatic carbocycles. The molecule has 7 aromatic carbocycles. The molecule has 0 unspecified atom stereocenters. The van der Waals surface area contributed by atoms with Crippen molar-refractivity contribution in [2.45, 2.75) is 0 Å². The van der Waals surface area contributed by atoms with E-state index in [0.29, 0.717) is 0 Å². The number of aromatic nitrogens is 3. The molecule has 9 aromatic rings. The van der Waals surface area contributed by atoms with Gasteiger partial charge in [-0.2, -0.15) is 0 Å². The first-order valence-electron chi connectivity index (χ1n) is 14.6. The van der Waals surface area contributed by atoms with Gasteiger partial charge in [-0.15, -0.1) is 0 Å². The molecule has 0 atom stereocenters. The zero-order valence-corrected chi connectivity index (χ0v) is 23.3. The number of rotatable bonds is 3. The molecule has 0 aliphatic heterocycles. The van der Waals surface area contributed by atoms with E-state index in [0.717, 1.165) is 28.2 Å². The minimum atomic E-state index is 0.732. The van der Waals surface area contributed by atoms with Gasteiger partial charge in [0.05, 0.1) is 11.0 Å². The second-order valence-electron chi connectivity index (χ2n) is 11.0. The van der Waals surface area contributed by atoms with Crippen LogP contribution in [0.25, 0.3) is 82.3 Å². The summed E-state index contributed by atoms with van der Waals surface area (Å²) >= 11 is 0. The van der Waals surface area contributed by atoms with Gasteiger partial charge in [0, 0.05) is 45.4 Å². The summed E-state index contributed by atoms with van der Waals surface area (Å²) in [5.41, 5.74) is 6.67.